The summed E-state index contributed by atoms with van der Waals surface area (Å²) in [6.07, 6.45) is 0. The van der Waals surface area contributed by atoms with E-state index in [0.717, 1.165) is 23.6 Å². The van der Waals surface area contributed by atoms with Crippen molar-refractivity contribution in [2.45, 2.75) is 26.7 Å². The predicted molar refractivity (Wildman–Crippen MR) is 75.8 cm³/mol. The van der Waals surface area contributed by atoms with E-state index in [0.29, 0.717) is 11.8 Å². The summed E-state index contributed by atoms with van der Waals surface area (Å²) >= 11 is 0. The van der Waals surface area contributed by atoms with Gasteiger partial charge in [-0.2, -0.15) is 0 Å². The van der Waals surface area contributed by atoms with Crippen LogP contribution in [0.5, 0.6) is 11.5 Å². The van der Waals surface area contributed by atoms with Gasteiger partial charge in [0, 0.05) is 18.0 Å². The van der Waals surface area contributed by atoms with Crippen molar-refractivity contribution in [3.63, 3.8) is 0 Å². The van der Waals surface area contributed by atoms with Gasteiger partial charge in [0.1, 0.15) is 11.5 Å². The molecule has 0 fully saturated rings. The van der Waals surface area contributed by atoms with E-state index < -0.39 is 0 Å². The number of rotatable bonds is 6. The van der Waals surface area contributed by atoms with E-state index in [1.54, 1.807) is 14.2 Å². The topological polar surface area (TPSA) is 30.5 Å². The van der Waals surface area contributed by atoms with E-state index in [4.69, 9.17) is 9.47 Å². The average molecular weight is 251 g/mol. The van der Waals surface area contributed by atoms with E-state index in [9.17, 15) is 0 Å². The highest BCUT2D eigenvalue weighted by Crippen LogP contribution is 2.36. The second-order valence-corrected chi connectivity index (χ2v) is 4.97. The molecule has 0 aromatic heterocycles. The van der Waals surface area contributed by atoms with Gasteiger partial charge >= 0.3 is 0 Å². The Morgan fingerprint density at radius 3 is 2.17 bits per heavy atom. The maximum absolute atomic E-state index is 5.52. The molecule has 1 N–H and O–H groups in total. The number of hydrogen-bond acceptors (Lipinski definition) is 3. The first kappa shape index (κ1) is 14.8. The van der Waals surface area contributed by atoms with Gasteiger partial charge in [0.05, 0.1) is 14.2 Å². The van der Waals surface area contributed by atoms with Crippen LogP contribution in [0.1, 0.15) is 30.9 Å². The Balaban J connectivity index is 3.25. The third-order valence-electron chi connectivity index (χ3n) is 3.38. The normalized spacial score (nSPS) is 12.6. The minimum absolute atomic E-state index is 0.416. The summed E-state index contributed by atoms with van der Waals surface area (Å²) in [6, 6.07) is 4.16. The number of benzene rings is 1. The van der Waals surface area contributed by atoms with E-state index in [2.05, 4.69) is 31.3 Å². The van der Waals surface area contributed by atoms with E-state index in [-0.39, 0.29) is 0 Å². The summed E-state index contributed by atoms with van der Waals surface area (Å²) in [7, 11) is 5.41. The maximum atomic E-state index is 5.52. The first-order valence-corrected chi connectivity index (χ1v) is 6.42. The number of aryl methyl sites for hydroxylation is 1. The first-order chi connectivity index (χ1) is 8.54. The summed E-state index contributed by atoms with van der Waals surface area (Å²) in [5.41, 5.74) is 2.31. The molecule has 18 heavy (non-hydrogen) atoms. The SMILES string of the molecule is CNCC(c1cc(OC)c(C)cc1OC)C(C)C. The summed E-state index contributed by atoms with van der Waals surface area (Å²) in [4.78, 5) is 0. The first-order valence-electron chi connectivity index (χ1n) is 6.42. The third kappa shape index (κ3) is 3.16. The molecule has 0 aliphatic rings. The van der Waals surface area contributed by atoms with Gasteiger partial charge < -0.3 is 14.8 Å². The summed E-state index contributed by atoms with van der Waals surface area (Å²) in [5.74, 6) is 2.83. The molecule has 1 unspecified atom stereocenters. The van der Waals surface area contributed by atoms with Crippen LogP contribution in [0.3, 0.4) is 0 Å². The van der Waals surface area contributed by atoms with Gasteiger partial charge in [0.15, 0.2) is 0 Å². The van der Waals surface area contributed by atoms with Crippen molar-refractivity contribution in [2.24, 2.45) is 5.92 Å². The highest BCUT2D eigenvalue weighted by atomic mass is 16.5. The minimum atomic E-state index is 0.416. The molecule has 1 rings (SSSR count). The summed E-state index contributed by atoms with van der Waals surface area (Å²) in [5, 5.41) is 3.25. The monoisotopic (exact) mass is 251 g/mol. The lowest BCUT2D eigenvalue weighted by atomic mass is 9.87. The van der Waals surface area contributed by atoms with Crippen molar-refractivity contribution in [1.29, 1.82) is 0 Å². The van der Waals surface area contributed by atoms with Gasteiger partial charge in [-0.1, -0.05) is 13.8 Å². The fourth-order valence-corrected chi connectivity index (χ4v) is 2.29. The van der Waals surface area contributed by atoms with Crippen LogP contribution in [0.4, 0.5) is 0 Å². The number of nitrogens with one attached hydrogen (secondary N) is 1. The number of methoxy groups -OCH3 is 2. The van der Waals surface area contributed by atoms with E-state index in [1.807, 2.05) is 14.0 Å². The fourth-order valence-electron chi connectivity index (χ4n) is 2.29. The molecule has 3 heteroatoms. The predicted octanol–water partition coefficient (Wildman–Crippen LogP) is 2.97. The van der Waals surface area contributed by atoms with Gasteiger partial charge in [-0.15, -0.1) is 0 Å². The fraction of sp³-hybridized carbons (Fsp3) is 0.600. The van der Waals surface area contributed by atoms with Gasteiger partial charge in [-0.3, -0.25) is 0 Å². The maximum Gasteiger partial charge on any atom is 0.122 e. The quantitative estimate of drug-likeness (QED) is 0.843. The van der Waals surface area contributed by atoms with E-state index >= 15 is 0 Å². The second kappa shape index (κ2) is 6.64. The van der Waals surface area contributed by atoms with Crippen molar-refractivity contribution in [3.05, 3.63) is 23.3 Å². The Morgan fingerprint density at radius 2 is 1.72 bits per heavy atom. The van der Waals surface area contributed by atoms with Crippen LogP contribution in [0.15, 0.2) is 12.1 Å². The second-order valence-electron chi connectivity index (χ2n) is 4.97. The van der Waals surface area contributed by atoms with Crippen LogP contribution < -0.4 is 14.8 Å². The molecule has 102 valence electrons. The summed E-state index contributed by atoms with van der Waals surface area (Å²) < 4.78 is 10.9. The van der Waals surface area contributed by atoms with Gasteiger partial charge in [0.2, 0.25) is 0 Å². The molecule has 1 aromatic rings. The molecule has 1 atom stereocenters. The molecule has 0 heterocycles. The van der Waals surface area contributed by atoms with Crippen LogP contribution in [0.2, 0.25) is 0 Å². The third-order valence-corrected chi connectivity index (χ3v) is 3.38. The molecule has 0 amide bonds. The molecule has 0 saturated carbocycles. The number of hydrogen-bond donors (Lipinski definition) is 1. The van der Waals surface area contributed by atoms with Crippen LogP contribution in [0, 0.1) is 12.8 Å². The van der Waals surface area contributed by atoms with E-state index in [1.165, 1.54) is 5.56 Å². The molecule has 0 aliphatic heterocycles. The van der Waals surface area contributed by atoms with Gasteiger partial charge in [-0.05, 0) is 37.6 Å². The molecule has 0 aliphatic carbocycles. The lowest BCUT2D eigenvalue weighted by Crippen LogP contribution is -2.22. The van der Waals surface area contributed by atoms with Crippen LogP contribution >= 0.6 is 0 Å². The summed E-state index contributed by atoms with van der Waals surface area (Å²) in [6.45, 7) is 7.43. The molecular weight excluding hydrogens is 226 g/mol. The highest BCUT2D eigenvalue weighted by molar-refractivity contribution is 5.47. The zero-order valence-electron chi connectivity index (χ0n) is 12.3. The molecule has 0 spiro atoms. The van der Waals surface area contributed by atoms with Crippen LogP contribution in [-0.2, 0) is 0 Å². The minimum Gasteiger partial charge on any atom is -0.496 e. The van der Waals surface area contributed by atoms with Crippen molar-refractivity contribution in [3.8, 4) is 11.5 Å². The molecule has 3 nitrogen and oxygen atoms in total. The number of likely N-dealkylation sites (N-methyl/N-ethyl adjacent to an activating group) is 1. The van der Waals surface area contributed by atoms with Crippen LogP contribution in [0.25, 0.3) is 0 Å². The standard InChI is InChI=1S/C15H25NO2/c1-10(2)13(9-16-4)12-8-14(17-5)11(3)7-15(12)18-6/h7-8,10,13,16H,9H2,1-6H3. The molecule has 1 aromatic carbocycles. The molecule has 0 saturated heterocycles. The molecule has 0 bridgehead atoms. The van der Waals surface area contributed by atoms with Crippen molar-refractivity contribution >= 4 is 0 Å². The van der Waals surface area contributed by atoms with Crippen molar-refractivity contribution in [1.82, 2.24) is 5.32 Å². The lowest BCUT2D eigenvalue weighted by Gasteiger charge is -2.24. The zero-order chi connectivity index (χ0) is 13.7. The zero-order valence-corrected chi connectivity index (χ0v) is 12.3. The average Bonchev–Trinajstić information content (AvgIpc) is 2.35. The largest absolute Gasteiger partial charge is 0.496 e. The lowest BCUT2D eigenvalue weighted by molar-refractivity contribution is 0.381. The van der Waals surface area contributed by atoms with Gasteiger partial charge in [-0.25, -0.2) is 0 Å². The number of ether oxygens (including phenoxy) is 2. The Kier molecular flexibility index (Phi) is 5.48. The van der Waals surface area contributed by atoms with Gasteiger partial charge in [0.25, 0.3) is 0 Å². The smallest absolute Gasteiger partial charge is 0.122 e. The highest BCUT2D eigenvalue weighted by Gasteiger charge is 2.20. The van der Waals surface area contributed by atoms with Crippen molar-refractivity contribution in [2.75, 3.05) is 27.8 Å². The van der Waals surface area contributed by atoms with Crippen molar-refractivity contribution < 1.29 is 9.47 Å². The Morgan fingerprint density at radius 1 is 1.11 bits per heavy atom. The molecule has 0 radical (unpaired) electrons. The Labute approximate surface area is 110 Å². The van der Waals surface area contributed by atoms with Crippen LogP contribution in [-0.4, -0.2) is 27.8 Å². The Hall–Kier alpha value is -1.22. The molecular formula is C15H25NO2. The Bertz CT molecular complexity index is 388.